The van der Waals surface area contributed by atoms with Gasteiger partial charge in [-0.25, -0.2) is 4.98 Å². The zero-order chi connectivity index (χ0) is 10.7. The van der Waals surface area contributed by atoms with Gasteiger partial charge in [0, 0.05) is 10.5 Å². The molecule has 0 radical (unpaired) electrons. The largest absolute Gasteiger partial charge is 0.341 e. The van der Waals surface area contributed by atoms with Crippen molar-refractivity contribution in [1.82, 2.24) is 15.3 Å². The molecule has 2 aliphatic rings. The second-order valence-electron chi connectivity index (χ2n) is 4.84. The molecule has 2 fully saturated rings. The Balaban J connectivity index is 1.75. The minimum atomic E-state index is 0.440. The van der Waals surface area contributed by atoms with Gasteiger partial charge in [-0.3, -0.25) is 0 Å². The highest BCUT2D eigenvalue weighted by Gasteiger charge is 2.46. The predicted octanol–water partition coefficient (Wildman–Crippen LogP) is 2.75. The van der Waals surface area contributed by atoms with E-state index in [0.717, 1.165) is 33.3 Å². The van der Waals surface area contributed by atoms with Gasteiger partial charge in [-0.2, -0.15) is 0 Å². The summed E-state index contributed by atoms with van der Waals surface area (Å²) in [4.78, 5) is 8.07. The van der Waals surface area contributed by atoms with E-state index in [1.165, 1.54) is 12.8 Å². The molecular weight excluding hydrogens is 266 g/mol. The summed E-state index contributed by atoms with van der Waals surface area (Å²) in [5.41, 5.74) is 2.17. The number of halogens is 1. The smallest absolute Gasteiger partial charge is 0.124 e. The third-order valence-electron chi connectivity index (χ3n) is 3.67. The van der Waals surface area contributed by atoms with Crippen molar-refractivity contribution in [3.63, 3.8) is 0 Å². The molecule has 2 aromatic rings. The molecule has 1 aromatic carbocycles. The quantitative estimate of drug-likeness (QED) is 0.842. The van der Waals surface area contributed by atoms with Crippen LogP contribution in [0.2, 0.25) is 0 Å². The molecule has 0 spiro atoms. The molecule has 4 heteroatoms. The number of nitrogens with one attached hydrogen (secondary N) is 2. The molecule has 1 saturated heterocycles. The van der Waals surface area contributed by atoms with Crippen LogP contribution in [-0.4, -0.2) is 16.0 Å². The maximum absolute atomic E-state index is 4.65. The van der Waals surface area contributed by atoms with Crippen molar-refractivity contribution >= 4 is 27.0 Å². The minimum absolute atomic E-state index is 0.440. The van der Waals surface area contributed by atoms with Crippen LogP contribution in [0.25, 0.3) is 11.0 Å². The molecule has 0 bridgehead atoms. The first-order valence-electron chi connectivity index (χ1n) is 5.71. The lowest BCUT2D eigenvalue weighted by Gasteiger charge is -2.08. The maximum Gasteiger partial charge on any atom is 0.124 e. The number of aromatic amines is 1. The molecule has 0 amide bonds. The lowest BCUT2D eigenvalue weighted by atomic mass is 10.2. The van der Waals surface area contributed by atoms with E-state index < -0.39 is 0 Å². The van der Waals surface area contributed by atoms with Gasteiger partial charge in [0.05, 0.1) is 17.1 Å². The van der Waals surface area contributed by atoms with E-state index in [1.807, 2.05) is 6.07 Å². The van der Waals surface area contributed by atoms with Crippen LogP contribution in [0.4, 0.5) is 0 Å². The molecule has 2 heterocycles. The number of piperidine rings is 1. The molecule has 1 aliphatic carbocycles. The maximum atomic E-state index is 4.65. The number of aromatic nitrogens is 2. The van der Waals surface area contributed by atoms with E-state index in [2.05, 4.69) is 43.3 Å². The Labute approximate surface area is 102 Å². The molecule has 4 rings (SSSR count). The zero-order valence-electron chi connectivity index (χ0n) is 8.70. The van der Waals surface area contributed by atoms with Gasteiger partial charge in [0.25, 0.3) is 0 Å². The van der Waals surface area contributed by atoms with Crippen molar-refractivity contribution in [3.8, 4) is 0 Å². The van der Waals surface area contributed by atoms with Crippen molar-refractivity contribution in [3.05, 3.63) is 28.5 Å². The topological polar surface area (TPSA) is 40.7 Å². The first-order valence-corrected chi connectivity index (χ1v) is 6.50. The Kier molecular flexibility index (Phi) is 1.77. The van der Waals surface area contributed by atoms with Gasteiger partial charge in [0.15, 0.2) is 0 Å². The predicted molar refractivity (Wildman–Crippen MR) is 66.2 cm³/mol. The summed E-state index contributed by atoms with van der Waals surface area (Å²) in [6.07, 6.45) is 2.61. The van der Waals surface area contributed by atoms with Crippen molar-refractivity contribution < 1.29 is 0 Å². The van der Waals surface area contributed by atoms with Gasteiger partial charge in [-0.15, -0.1) is 0 Å². The Morgan fingerprint density at radius 2 is 2.25 bits per heavy atom. The summed E-state index contributed by atoms with van der Waals surface area (Å²) in [6, 6.07) is 7.38. The van der Waals surface area contributed by atoms with Gasteiger partial charge in [0.2, 0.25) is 0 Å². The molecule has 16 heavy (non-hydrogen) atoms. The average Bonchev–Trinajstić information content (AvgIpc) is 2.75. The SMILES string of the molecule is Brc1ccc2nc(C3CC4CC4N3)[nH]c2c1. The monoisotopic (exact) mass is 277 g/mol. The highest BCUT2D eigenvalue weighted by atomic mass is 79.9. The van der Waals surface area contributed by atoms with E-state index in [4.69, 9.17) is 0 Å². The fraction of sp³-hybridized carbons (Fsp3) is 0.417. The van der Waals surface area contributed by atoms with Gasteiger partial charge in [-0.1, -0.05) is 15.9 Å². The number of fused-ring (bicyclic) bond motifs is 2. The summed E-state index contributed by atoms with van der Waals surface area (Å²) in [7, 11) is 0. The van der Waals surface area contributed by atoms with Crippen LogP contribution in [0.1, 0.15) is 24.7 Å². The van der Waals surface area contributed by atoms with Gasteiger partial charge in [-0.05, 0) is 37.0 Å². The van der Waals surface area contributed by atoms with E-state index in [-0.39, 0.29) is 0 Å². The highest BCUT2D eigenvalue weighted by molar-refractivity contribution is 9.10. The third kappa shape index (κ3) is 1.33. The lowest BCUT2D eigenvalue weighted by Crippen LogP contribution is -2.18. The van der Waals surface area contributed by atoms with Crippen LogP contribution in [0, 0.1) is 5.92 Å². The molecule has 3 unspecified atom stereocenters. The summed E-state index contributed by atoms with van der Waals surface area (Å²) in [5, 5.41) is 3.61. The number of hydrogen-bond acceptors (Lipinski definition) is 2. The van der Waals surface area contributed by atoms with Crippen molar-refractivity contribution in [2.75, 3.05) is 0 Å². The average molecular weight is 278 g/mol. The highest BCUT2D eigenvalue weighted by Crippen LogP contribution is 2.45. The van der Waals surface area contributed by atoms with Crippen LogP contribution in [-0.2, 0) is 0 Å². The molecule has 3 atom stereocenters. The molecule has 1 aromatic heterocycles. The van der Waals surface area contributed by atoms with Crippen molar-refractivity contribution in [2.45, 2.75) is 24.9 Å². The fourth-order valence-corrected chi connectivity index (χ4v) is 3.06. The molecule has 2 N–H and O–H groups in total. The minimum Gasteiger partial charge on any atom is -0.341 e. The van der Waals surface area contributed by atoms with E-state index in [1.54, 1.807) is 0 Å². The van der Waals surface area contributed by atoms with Crippen molar-refractivity contribution in [1.29, 1.82) is 0 Å². The van der Waals surface area contributed by atoms with Crippen molar-refractivity contribution in [2.24, 2.45) is 5.92 Å². The summed E-state index contributed by atoms with van der Waals surface area (Å²) >= 11 is 3.48. The van der Waals surface area contributed by atoms with E-state index in [0.29, 0.717) is 6.04 Å². The van der Waals surface area contributed by atoms with Crippen LogP contribution in [0.15, 0.2) is 22.7 Å². The number of H-pyrrole nitrogens is 1. The molecule has 1 aliphatic heterocycles. The summed E-state index contributed by atoms with van der Waals surface area (Å²) in [6.45, 7) is 0. The Bertz CT molecular complexity index is 552. The molecule has 82 valence electrons. The van der Waals surface area contributed by atoms with Gasteiger partial charge < -0.3 is 10.3 Å². The second kappa shape index (κ2) is 3.08. The first kappa shape index (κ1) is 9.19. The van der Waals surface area contributed by atoms with Crippen LogP contribution in [0.5, 0.6) is 0 Å². The van der Waals surface area contributed by atoms with E-state index >= 15 is 0 Å². The van der Waals surface area contributed by atoms with Crippen LogP contribution in [0.3, 0.4) is 0 Å². The molecule has 1 saturated carbocycles. The zero-order valence-corrected chi connectivity index (χ0v) is 10.3. The number of nitrogens with zero attached hydrogens (tertiary/aromatic N) is 1. The van der Waals surface area contributed by atoms with Gasteiger partial charge in [0.1, 0.15) is 5.82 Å². The normalized spacial score (nSPS) is 31.9. The Hall–Kier alpha value is -0.870. The standard InChI is InChI=1S/C12H12BrN3/c13-7-1-2-8-10(5-7)16-12(15-8)11-4-6-3-9(6)14-11/h1-2,5-6,9,11,14H,3-4H2,(H,15,16). The Morgan fingerprint density at radius 3 is 3.06 bits per heavy atom. The van der Waals surface area contributed by atoms with E-state index in [9.17, 15) is 0 Å². The van der Waals surface area contributed by atoms with Crippen LogP contribution < -0.4 is 5.32 Å². The molecular formula is C12H12BrN3. The van der Waals surface area contributed by atoms with Crippen LogP contribution >= 0.6 is 15.9 Å². The molecule has 3 nitrogen and oxygen atoms in total. The number of rotatable bonds is 1. The lowest BCUT2D eigenvalue weighted by molar-refractivity contribution is 0.544. The summed E-state index contributed by atoms with van der Waals surface area (Å²) < 4.78 is 1.09. The number of hydrogen-bond donors (Lipinski definition) is 2. The number of imidazole rings is 1. The first-order chi connectivity index (χ1) is 7.79. The second-order valence-corrected chi connectivity index (χ2v) is 5.76. The fourth-order valence-electron chi connectivity index (χ4n) is 2.70. The third-order valence-corrected chi connectivity index (χ3v) is 4.16. The van der Waals surface area contributed by atoms with Gasteiger partial charge >= 0.3 is 0 Å². The Morgan fingerprint density at radius 1 is 1.31 bits per heavy atom. The number of benzene rings is 1. The summed E-state index contributed by atoms with van der Waals surface area (Å²) in [5.74, 6) is 2.00.